The third-order valence-electron chi connectivity index (χ3n) is 2.49. The van der Waals surface area contributed by atoms with Gasteiger partial charge in [-0.25, -0.2) is 4.39 Å². The maximum absolute atomic E-state index is 13.1. The number of halogens is 2. The van der Waals surface area contributed by atoms with Gasteiger partial charge in [-0.1, -0.05) is 25.4 Å². The second-order valence-corrected chi connectivity index (χ2v) is 4.45. The Labute approximate surface area is 81.9 Å². The molecule has 0 amide bonds. The molecule has 0 saturated carbocycles. The Balaban J connectivity index is 2.65. The fraction of sp³-hybridized carbons (Fsp3) is 0.400. The summed E-state index contributed by atoms with van der Waals surface area (Å²) in [5.74, 6) is -0.263. The minimum absolute atomic E-state index is 0.0267. The van der Waals surface area contributed by atoms with Crippen LogP contribution in [0, 0.1) is 5.82 Å². The third kappa shape index (κ3) is 1.29. The molecule has 0 aliphatic carbocycles. The first-order chi connectivity index (χ1) is 6.00. The molecule has 1 N–H and O–H groups in total. The van der Waals surface area contributed by atoms with Crippen molar-refractivity contribution in [2.75, 3.05) is 11.9 Å². The molecule has 1 aromatic rings. The van der Waals surface area contributed by atoms with Crippen LogP contribution in [-0.4, -0.2) is 6.54 Å². The molecular weight excluding hydrogens is 189 g/mol. The van der Waals surface area contributed by atoms with Crippen LogP contribution in [0.25, 0.3) is 0 Å². The topological polar surface area (TPSA) is 12.0 Å². The summed E-state index contributed by atoms with van der Waals surface area (Å²) >= 11 is 5.90. The molecule has 0 unspecified atom stereocenters. The maximum Gasteiger partial charge on any atom is 0.125 e. The molecule has 70 valence electrons. The molecule has 0 bridgehead atoms. The van der Waals surface area contributed by atoms with Crippen molar-refractivity contribution in [3.8, 4) is 0 Å². The second kappa shape index (κ2) is 2.61. The van der Waals surface area contributed by atoms with E-state index < -0.39 is 0 Å². The molecule has 0 fully saturated rings. The largest absolute Gasteiger partial charge is 0.383 e. The molecule has 1 aromatic carbocycles. The van der Waals surface area contributed by atoms with Gasteiger partial charge in [0.1, 0.15) is 5.82 Å². The molecular formula is C10H11ClFN. The Morgan fingerprint density at radius 1 is 1.46 bits per heavy atom. The number of hydrogen-bond donors (Lipinski definition) is 1. The molecule has 3 heteroatoms. The van der Waals surface area contributed by atoms with Gasteiger partial charge in [0.2, 0.25) is 0 Å². The summed E-state index contributed by atoms with van der Waals surface area (Å²) in [6.07, 6.45) is 0. The highest BCUT2D eigenvalue weighted by Crippen LogP contribution is 2.40. The minimum Gasteiger partial charge on any atom is -0.383 e. The van der Waals surface area contributed by atoms with Crippen LogP contribution in [0.5, 0.6) is 0 Å². The average Bonchev–Trinajstić information content (AvgIpc) is 2.28. The summed E-state index contributed by atoms with van der Waals surface area (Å²) in [5, 5.41) is 3.66. The maximum atomic E-state index is 13.1. The van der Waals surface area contributed by atoms with E-state index in [9.17, 15) is 4.39 Å². The van der Waals surface area contributed by atoms with Crippen molar-refractivity contribution in [2.24, 2.45) is 0 Å². The van der Waals surface area contributed by atoms with Crippen LogP contribution < -0.4 is 5.32 Å². The van der Waals surface area contributed by atoms with Crippen LogP contribution in [0.1, 0.15) is 19.4 Å². The lowest BCUT2D eigenvalue weighted by atomic mass is 9.87. The highest BCUT2D eigenvalue weighted by molar-refractivity contribution is 6.33. The van der Waals surface area contributed by atoms with E-state index in [0.717, 1.165) is 17.8 Å². The van der Waals surface area contributed by atoms with E-state index in [1.807, 2.05) is 0 Å². The first kappa shape index (κ1) is 8.82. The van der Waals surface area contributed by atoms with E-state index in [2.05, 4.69) is 19.2 Å². The molecule has 1 heterocycles. The lowest BCUT2D eigenvalue weighted by molar-refractivity contribution is 0.573. The van der Waals surface area contributed by atoms with Crippen LogP contribution >= 0.6 is 11.6 Å². The summed E-state index contributed by atoms with van der Waals surface area (Å²) in [4.78, 5) is 0. The number of hydrogen-bond acceptors (Lipinski definition) is 1. The van der Waals surface area contributed by atoms with Gasteiger partial charge in [0.25, 0.3) is 0 Å². The summed E-state index contributed by atoms with van der Waals surface area (Å²) in [5.41, 5.74) is 1.83. The van der Waals surface area contributed by atoms with E-state index in [1.165, 1.54) is 6.07 Å². The molecule has 0 spiro atoms. The number of nitrogens with one attached hydrogen (secondary N) is 1. The molecule has 0 radical (unpaired) electrons. The Bertz CT molecular complexity index is 360. The zero-order valence-electron chi connectivity index (χ0n) is 7.62. The van der Waals surface area contributed by atoms with E-state index in [1.54, 1.807) is 6.07 Å². The summed E-state index contributed by atoms with van der Waals surface area (Å²) in [6.45, 7) is 4.95. The predicted octanol–water partition coefficient (Wildman–Crippen LogP) is 3.18. The van der Waals surface area contributed by atoms with Crippen LogP contribution in [0.4, 0.5) is 10.1 Å². The standard InChI is InChI=1S/C10H11ClFN/c1-10(2)5-13-9-7(10)3-6(12)4-8(9)11/h3-4,13H,5H2,1-2H3. The summed E-state index contributed by atoms with van der Waals surface area (Å²) in [6, 6.07) is 2.90. The second-order valence-electron chi connectivity index (χ2n) is 4.05. The van der Waals surface area contributed by atoms with Gasteiger partial charge in [-0.05, 0) is 17.7 Å². The Morgan fingerprint density at radius 3 is 2.85 bits per heavy atom. The first-order valence-corrected chi connectivity index (χ1v) is 4.62. The molecule has 0 saturated heterocycles. The lowest BCUT2D eigenvalue weighted by Gasteiger charge is -2.16. The van der Waals surface area contributed by atoms with E-state index in [0.29, 0.717) is 5.02 Å². The number of anilines is 1. The number of rotatable bonds is 0. The monoisotopic (exact) mass is 199 g/mol. The van der Waals surface area contributed by atoms with Gasteiger partial charge >= 0.3 is 0 Å². The van der Waals surface area contributed by atoms with Crippen molar-refractivity contribution in [1.29, 1.82) is 0 Å². The van der Waals surface area contributed by atoms with Crippen molar-refractivity contribution in [3.63, 3.8) is 0 Å². The first-order valence-electron chi connectivity index (χ1n) is 4.24. The molecule has 13 heavy (non-hydrogen) atoms. The van der Waals surface area contributed by atoms with Crippen LogP contribution in [0.15, 0.2) is 12.1 Å². The molecule has 1 aliphatic rings. The summed E-state index contributed by atoms with van der Waals surface area (Å²) < 4.78 is 13.1. The Kier molecular flexibility index (Phi) is 1.77. The zero-order chi connectivity index (χ0) is 9.64. The molecule has 1 aliphatic heterocycles. The van der Waals surface area contributed by atoms with Gasteiger partial charge in [-0.2, -0.15) is 0 Å². The molecule has 2 rings (SSSR count). The zero-order valence-corrected chi connectivity index (χ0v) is 8.37. The fourth-order valence-corrected chi connectivity index (χ4v) is 1.96. The van der Waals surface area contributed by atoms with Crippen LogP contribution in [0.3, 0.4) is 0 Å². The van der Waals surface area contributed by atoms with Gasteiger partial charge in [-0.3, -0.25) is 0 Å². The molecule has 0 aromatic heterocycles. The third-order valence-corrected chi connectivity index (χ3v) is 2.79. The Hall–Kier alpha value is -0.760. The quantitative estimate of drug-likeness (QED) is 0.677. The van der Waals surface area contributed by atoms with Crippen LogP contribution in [0.2, 0.25) is 5.02 Å². The van der Waals surface area contributed by atoms with Crippen molar-refractivity contribution in [3.05, 3.63) is 28.5 Å². The SMILES string of the molecule is CC1(C)CNc2c(Cl)cc(F)cc21. The Morgan fingerprint density at radius 2 is 2.15 bits per heavy atom. The van der Waals surface area contributed by atoms with Gasteiger partial charge in [0, 0.05) is 12.0 Å². The highest BCUT2D eigenvalue weighted by atomic mass is 35.5. The normalized spacial score (nSPS) is 18.2. The number of benzene rings is 1. The average molecular weight is 200 g/mol. The highest BCUT2D eigenvalue weighted by Gasteiger charge is 2.31. The van der Waals surface area contributed by atoms with Crippen LogP contribution in [-0.2, 0) is 5.41 Å². The van der Waals surface area contributed by atoms with Crippen molar-refractivity contribution < 1.29 is 4.39 Å². The van der Waals surface area contributed by atoms with Crippen molar-refractivity contribution in [1.82, 2.24) is 0 Å². The molecule has 1 nitrogen and oxygen atoms in total. The predicted molar refractivity (Wildman–Crippen MR) is 52.9 cm³/mol. The van der Waals surface area contributed by atoms with Crippen molar-refractivity contribution in [2.45, 2.75) is 19.3 Å². The van der Waals surface area contributed by atoms with Gasteiger partial charge < -0.3 is 5.32 Å². The fourth-order valence-electron chi connectivity index (χ4n) is 1.69. The van der Waals surface area contributed by atoms with E-state index in [4.69, 9.17) is 11.6 Å². The smallest absolute Gasteiger partial charge is 0.125 e. The molecule has 0 atom stereocenters. The van der Waals surface area contributed by atoms with Gasteiger partial charge in [0.15, 0.2) is 0 Å². The van der Waals surface area contributed by atoms with E-state index in [-0.39, 0.29) is 11.2 Å². The number of fused-ring (bicyclic) bond motifs is 1. The van der Waals surface area contributed by atoms with Gasteiger partial charge in [0.05, 0.1) is 10.7 Å². The summed E-state index contributed by atoms with van der Waals surface area (Å²) in [7, 11) is 0. The lowest BCUT2D eigenvalue weighted by Crippen LogP contribution is -2.18. The van der Waals surface area contributed by atoms with Gasteiger partial charge in [-0.15, -0.1) is 0 Å². The van der Waals surface area contributed by atoms with E-state index >= 15 is 0 Å². The van der Waals surface area contributed by atoms with Crippen molar-refractivity contribution >= 4 is 17.3 Å². The minimum atomic E-state index is -0.263.